The smallest absolute Gasteiger partial charge is 0.317 e. The molecule has 1 aliphatic heterocycles. The van der Waals surface area contributed by atoms with E-state index in [4.69, 9.17) is 11.6 Å². The monoisotopic (exact) mass is 294 g/mol. The molecule has 106 valence electrons. The van der Waals surface area contributed by atoms with Crippen molar-refractivity contribution >= 4 is 29.3 Å². The van der Waals surface area contributed by atoms with Gasteiger partial charge >= 0.3 is 6.03 Å². The molecule has 0 aromatic heterocycles. The summed E-state index contributed by atoms with van der Waals surface area (Å²) in [4.78, 5) is 15.6. The van der Waals surface area contributed by atoms with Crippen molar-refractivity contribution in [2.75, 3.05) is 11.9 Å². The van der Waals surface area contributed by atoms with E-state index in [0.29, 0.717) is 17.5 Å². The summed E-state index contributed by atoms with van der Waals surface area (Å²) in [6, 6.07) is 6.80. The third-order valence-electron chi connectivity index (χ3n) is 2.40. The zero-order valence-corrected chi connectivity index (χ0v) is 11.7. The van der Waals surface area contributed by atoms with Crippen molar-refractivity contribution in [3.8, 4) is 0 Å². The lowest BCUT2D eigenvalue weighted by Crippen LogP contribution is -2.40. The number of halogens is 1. The Bertz CT molecular complexity index is 527. The summed E-state index contributed by atoms with van der Waals surface area (Å²) in [7, 11) is 0. The lowest BCUT2D eigenvalue weighted by atomic mass is 10.3. The molecule has 0 fully saturated rings. The quantitative estimate of drug-likeness (QED) is 0.796. The molecule has 1 aromatic carbocycles. The van der Waals surface area contributed by atoms with Crippen molar-refractivity contribution in [2.24, 2.45) is 15.2 Å². The molecular formula is C12H15ClN6O. The molecule has 0 spiro atoms. The van der Waals surface area contributed by atoms with Crippen molar-refractivity contribution in [1.82, 2.24) is 10.6 Å². The van der Waals surface area contributed by atoms with Crippen LogP contribution in [0.2, 0.25) is 5.02 Å². The highest BCUT2D eigenvalue weighted by molar-refractivity contribution is 6.30. The first kappa shape index (κ1) is 14.3. The van der Waals surface area contributed by atoms with E-state index in [-0.39, 0.29) is 6.03 Å². The van der Waals surface area contributed by atoms with Crippen LogP contribution in [0.4, 0.5) is 10.5 Å². The van der Waals surface area contributed by atoms with E-state index in [1.54, 1.807) is 24.3 Å². The second-order valence-corrected chi connectivity index (χ2v) is 4.51. The molecule has 1 unspecified atom stereocenters. The van der Waals surface area contributed by atoms with Gasteiger partial charge in [-0.15, -0.1) is 10.2 Å². The van der Waals surface area contributed by atoms with E-state index in [9.17, 15) is 4.79 Å². The molecule has 0 bridgehead atoms. The van der Waals surface area contributed by atoms with Gasteiger partial charge in [-0.3, -0.25) is 5.32 Å². The number of nitrogens with one attached hydrogen (secondary N) is 3. The molecular weight excluding hydrogens is 280 g/mol. The maximum absolute atomic E-state index is 11.4. The van der Waals surface area contributed by atoms with Gasteiger partial charge in [-0.2, -0.15) is 4.99 Å². The van der Waals surface area contributed by atoms with Gasteiger partial charge in [0.05, 0.1) is 0 Å². The van der Waals surface area contributed by atoms with Gasteiger partial charge < -0.3 is 10.6 Å². The predicted molar refractivity (Wildman–Crippen MR) is 78.0 cm³/mol. The summed E-state index contributed by atoms with van der Waals surface area (Å²) in [6.07, 6.45) is 0.174. The summed E-state index contributed by atoms with van der Waals surface area (Å²) in [6.45, 7) is 2.58. The normalized spacial score (nSPS) is 16.7. The largest absolute Gasteiger partial charge is 0.338 e. The van der Waals surface area contributed by atoms with Gasteiger partial charge in [0.15, 0.2) is 0 Å². The summed E-state index contributed by atoms with van der Waals surface area (Å²) in [5.74, 6) is 0.341. The third-order valence-corrected chi connectivity index (χ3v) is 2.65. The Morgan fingerprint density at radius 3 is 2.80 bits per heavy atom. The van der Waals surface area contributed by atoms with Crippen LogP contribution in [0.15, 0.2) is 39.5 Å². The number of urea groups is 1. The zero-order valence-electron chi connectivity index (χ0n) is 10.9. The highest BCUT2D eigenvalue weighted by Crippen LogP contribution is 2.14. The molecule has 0 radical (unpaired) electrons. The Labute approximate surface area is 121 Å². The maximum atomic E-state index is 11.4. The highest BCUT2D eigenvalue weighted by Gasteiger charge is 2.16. The van der Waals surface area contributed by atoms with Gasteiger partial charge in [0.2, 0.25) is 12.2 Å². The number of benzene rings is 1. The number of hydrogen-bond acceptors (Lipinski definition) is 5. The topological polar surface area (TPSA) is 90.2 Å². The second kappa shape index (κ2) is 6.85. The fraction of sp³-hybridized carbons (Fsp3) is 0.333. The molecule has 1 heterocycles. The van der Waals surface area contributed by atoms with E-state index < -0.39 is 6.29 Å². The Hall–Kier alpha value is -2.15. The van der Waals surface area contributed by atoms with Crippen LogP contribution >= 0.6 is 11.6 Å². The predicted octanol–water partition coefficient (Wildman–Crippen LogP) is 2.57. The molecule has 1 atom stereocenters. The molecule has 0 saturated carbocycles. The van der Waals surface area contributed by atoms with Crippen LogP contribution in [0.3, 0.4) is 0 Å². The number of anilines is 1. The van der Waals surface area contributed by atoms with E-state index in [0.717, 1.165) is 12.1 Å². The van der Waals surface area contributed by atoms with Crippen molar-refractivity contribution in [3.63, 3.8) is 0 Å². The first-order valence-electron chi connectivity index (χ1n) is 6.23. The van der Waals surface area contributed by atoms with Gasteiger partial charge in [-0.25, -0.2) is 4.79 Å². The van der Waals surface area contributed by atoms with Crippen LogP contribution in [0.25, 0.3) is 0 Å². The Morgan fingerprint density at radius 1 is 1.35 bits per heavy atom. The van der Waals surface area contributed by atoms with Crippen LogP contribution in [0.5, 0.6) is 0 Å². The molecule has 7 nitrogen and oxygen atoms in total. The molecule has 0 saturated heterocycles. The van der Waals surface area contributed by atoms with E-state index >= 15 is 0 Å². The average Bonchev–Trinajstić information content (AvgIpc) is 2.86. The van der Waals surface area contributed by atoms with Crippen LogP contribution in [0.1, 0.15) is 13.3 Å². The number of azo groups is 1. The fourth-order valence-electron chi connectivity index (χ4n) is 1.46. The zero-order chi connectivity index (χ0) is 14.4. The average molecular weight is 295 g/mol. The van der Waals surface area contributed by atoms with Gasteiger partial charge in [-0.1, -0.05) is 18.5 Å². The molecule has 0 aliphatic carbocycles. The van der Waals surface area contributed by atoms with Gasteiger partial charge in [0, 0.05) is 17.3 Å². The summed E-state index contributed by atoms with van der Waals surface area (Å²) in [5, 5.41) is 16.6. The number of amides is 2. The van der Waals surface area contributed by atoms with Crippen LogP contribution in [-0.2, 0) is 0 Å². The van der Waals surface area contributed by atoms with E-state index in [1.807, 2.05) is 6.92 Å². The minimum atomic E-state index is -0.693. The molecule has 1 aromatic rings. The first-order chi connectivity index (χ1) is 9.67. The summed E-state index contributed by atoms with van der Waals surface area (Å²) in [5.41, 5.74) is 0.795. The third kappa shape index (κ3) is 4.20. The van der Waals surface area contributed by atoms with E-state index in [1.165, 1.54) is 0 Å². The molecule has 3 N–H and O–H groups in total. The molecule has 8 heteroatoms. The summed E-state index contributed by atoms with van der Waals surface area (Å²) >= 11 is 5.80. The first-order valence-corrected chi connectivity index (χ1v) is 6.61. The lowest BCUT2D eigenvalue weighted by Gasteiger charge is -2.07. The Kier molecular flexibility index (Phi) is 4.89. The molecule has 20 heavy (non-hydrogen) atoms. The van der Waals surface area contributed by atoms with Gasteiger partial charge in [-0.05, 0) is 30.7 Å². The number of hydrogen-bond donors (Lipinski definition) is 3. The number of rotatable bonds is 4. The Morgan fingerprint density at radius 2 is 2.10 bits per heavy atom. The number of aliphatic imine (C=N–C) groups is 1. The van der Waals surface area contributed by atoms with Crippen molar-refractivity contribution in [1.29, 1.82) is 0 Å². The van der Waals surface area contributed by atoms with Crippen LogP contribution in [0, 0.1) is 0 Å². The van der Waals surface area contributed by atoms with Crippen molar-refractivity contribution < 1.29 is 4.79 Å². The lowest BCUT2D eigenvalue weighted by molar-refractivity contribution is 0.237. The maximum Gasteiger partial charge on any atom is 0.317 e. The second-order valence-electron chi connectivity index (χ2n) is 4.07. The van der Waals surface area contributed by atoms with Gasteiger partial charge in [0.1, 0.15) is 0 Å². The summed E-state index contributed by atoms with van der Waals surface area (Å²) < 4.78 is 0. The van der Waals surface area contributed by atoms with Crippen molar-refractivity contribution in [3.05, 3.63) is 29.3 Å². The molecule has 2 rings (SSSR count). The number of nitrogens with zero attached hydrogens (tertiary/aromatic N) is 3. The minimum Gasteiger partial charge on any atom is -0.338 e. The highest BCUT2D eigenvalue weighted by atomic mass is 35.5. The van der Waals surface area contributed by atoms with E-state index in [2.05, 4.69) is 31.2 Å². The van der Waals surface area contributed by atoms with Crippen molar-refractivity contribution in [2.45, 2.75) is 19.6 Å². The number of carbonyl (C=O) groups is 1. The number of guanidine groups is 1. The number of carbonyl (C=O) groups excluding carboxylic acids is 1. The van der Waals surface area contributed by atoms with Crippen LogP contribution < -0.4 is 16.0 Å². The molecule has 2 amide bonds. The Balaban J connectivity index is 1.86. The van der Waals surface area contributed by atoms with Crippen LogP contribution in [-0.4, -0.2) is 24.8 Å². The van der Waals surface area contributed by atoms with Gasteiger partial charge in [0.25, 0.3) is 0 Å². The SMILES string of the molecule is CCCNC(=O)NC1N=NC(Nc2ccc(Cl)cc2)=N1. The fourth-order valence-corrected chi connectivity index (χ4v) is 1.59. The molecule has 1 aliphatic rings. The minimum absolute atomic E-state index is 0.313. The standard InChI is InChI=1S/C12H15ClN6O/c1-2-7-14-12(20)17-11-16-10(18-19-11)15-9-5-3-8(13)4-6-9/h3-6,11H,2,7H2,1H3,(H,15,16)(H2,14,17,20).